The number of amides is 2. The zero-order chi connectivity index (χ0) is 34.8. The average molecular weight is 668 g/mol. The molecule has 1 atom stereocenters. The molecule has 1 aliphatic heterocycles. The molecule has 0 radical (unpaired) electrons. The molecule has 256 valence electrons. The predicted molar refractivity (Wildman–Crippen MR) is 188 cm³/mol. The average Bonchev–Trinajstić information content (AvgIpc) is 3.10. The first-order valence-corrected chi connectivity index (χ1v) is 16.9. The van der Waals surface area contributed by atoms with E-state index in [0.717, 1.165) is 49.3 Å². The van der Waals surface area contributed by atoms with Gasteiger partial charge in [0.15, 0.2) is 0 Å². The molecule has 0 spiro atoms. The van der Waals surface area contributed by atoms with Gasteiger partial charge in [-0.2, -0.15) is 13.2 Å². The van der Waals surface area contributed by atoms with Crippen molar-refractivity contribution >= 4 is 17.9 Å². The lowest BCUT2D eigenvalue weighted by atomic mass is 9.99. The number of carbonyl (C=O) groups is 2. The molecule has 5 nitrogen and oxygen atoms in total. The van der Waals surface area contributed by atoms with E-state index in [1.54, 1.807) is 4.90 Å². The molecule has 0 saturated carbocycles. The van der Waals surface area contributed by atoms with Gasteiger partial charge in [-0.15, -0.1) is 0 Å². The fraction of sp³-hybridized carbons (Fsp3) is 0.317. The van der Waals surface area contributed by atoms with Crippen LogP contribution in [-0.2, 0) is 41.7 Å². The van der Waals surface area contributed by atoms with Gasteiger partial charge in [-0.1, -0.05) is 111 Å². The summed E-state index contributed by atoms with van der Waals surface area (Å²) in [4.78, 5) is 34.4. The highest BCUT2D eigenvalue weighted by molar-refractivity contribution is 5.95. The summed E-state index contributed by atoms with van der Waals surface area (Å²) in [5.74, 6) is -0.000586. The van der Waals surface area contributed by atoms with Gasteiger partial charge in [-0.3, -0.25) is 14.5 Å². The predicted octanol–water partition coefficient (Wildman–Crippen LogP) is 7.90. The van der Waals surface area contributed by atoms with E-state index in [4.69, 9.17) is 0 Å². The molecule has 5 rings (SSSR count). The maximum atomic E-state index is 14.5. The van der Waals surface area contributed by atoms with Crippen molar-refractivity contribution in [3.05, 3.63) is 149 Å². The van der Waals surface area contributed by atoms with Gasteiger partial charge >= 0.3 is 6.18 Å². The number of rotatable bonds is 12. The Labute approximate surface area is 287 Å². The minimum atomic E-state index is -4.45. The largest absolute Gasteiger partial charge is 0.416 e. The number of halogens is 3. The second-order valence-electron chi connectivity index (χ2n) is 13.1. The van der Waals surface area contributed by atoms with Crippen LogP contribution in [-0.4, -0.2) is 58.7 Å². The quantitative estimate of drug-likeness (QED) is 0.144. The molecule has 0 bridgehead atoms. The van der Waals surface area contributed by atoms with Crippen LogP contribution in [0.2, 0.25) is 0 Å². The second kappa shape index (κ2) is 16.6. The summed E-state index contributed by atoms with van der Waals surface area (Å²) < 4.78 is 39.4. The van der Waals surface area contributed by atoms with Gasteiger partial charge in [0.05, 0.1) is 5.56 Å². The summed E-state index contributed by atoms with van der Waals surface area (Å²) in [5.41, 5.74) is 3.95. The maximum Gasteiger partial charge on any atom is 0.416 e. The molecule has 49 heavy (non-hydrogen) atoms. The Morgan fingerprint density at radius 3 is 1.84 bits per heavy atom. The molecule has 0 aliphatic carbocycles. The third-order valence-corrected chi connectivity index (χ3v) is 8.83. The molecule has 4 aromatic rings. The SMILES string of the molecule is CC(C)Cc1ccc(CN(C(=O)C=Cc2ccc(C(F)(F)F)cc2)[C@@H](Cc2ccccc2)C(=O)N2CCN(Cc3ccccc3)CC2)cc1. The van der Waals surface area contributed by atoms with Crippen LogP contribution in [0.15, 0.2) is 115 Å². The van der Waals surface area contributed by atoms with Gasteiger partial charge in [0.25, 0.3) is 0 Å². The number of alkyl halides is 3. The first kappa shape index (κ1) is 35.6. The highest BCUT2D eigenvalue weighted by atomic mass is 19.4. The monoisotopic (exact) mass is 667 g/mol. The van der Waals surface area contributed by atoms with Crippen molar-refractivity contribution in [1.82, 2.24) is 14.7 Å². The van der Waals surface area contributed by atoms with Gasteiger partial charge in [0, 0.05) is 51.8 Å². The second-order valence-corrected chi connectivity index (χ2v) is 13.1. The molecule has 1 fully saturated rings. The van der Waals surface area contributed by atoms with Crippen molar-refractivity contribution in [1.29, 1.82) is 0 Å². The molecule has 1 aliphatic rings. The van der Waals surface area contributed by atoms with Crippen molar-refractivity contribution in [3.63, 3.8) is 0 Å². The van der Waals surface area contributed by atoms with Crippen molar-refractivity contribution in [2.75, 3.05) is 26.2 Å². The molecule has 0 N–H and O–H groups in total. The lowest BCUT2D eigenvalue weighted by Crippen LogP contribution is -2.56. The van der Waals surface area contributed by atoms with Crippen molar-refractivity contribution in [2.45, 2.75) is 52.0 Å². The summed E-state index contributed by atoms with van der Waals surface area (Å²) in [6, 6.07) is 32.0. The smallest absolute Gasteiger partial charge is 0.338 e. The third kappa shape index (κ3) is 10.4. The van der Waals surface area contributed by atoms with Crippen LogP contribution in [0.1, 0.15) is 47.2 Å². The Balaban J connectivity index is 1.41. The van der Waals surface area contributed by atoms with E-state index in [-0.39, 0.29) is 18.4 Å². The Bertz CT molecular complexity index is 1660. The van der Waals surface area contributed by atoms with Crippen LogP contribution in [0.3, 0.4) is 0 Å². The van der Waals surface area contributed by atoms with Crippen LogP contribution >= 0.6 is 0 Å². The van der Waals surface area contributed by atoms with Crippen LogP contribution in [0.5, 0.6) is 0 Å². The number of carbonyl (C=O) groups excluding carboxylic acids is 2. The standard InChI is InChI=1S/C41H44F3N3O2/c1-31(2)27-34-13-15-36(16-14-34)30-47(39(48)22-19-32-17-20-37(21-18-32)41(42,43)44)38(28-33-9-5-3-6-10-33)40(49)46-25-23-45(24-26-46)29-35-11-7-4-8-12-35/h3-22,31,38H,23-30H2,1-2H3/t38-/m0/s1. The lowest BCUT2D eigenvalue weighted by molar-refractivity contribution is -0.145. The summed E-state index contributed by atoms with van der Waals surface area (Å²) in [7, 11) is 0. The van der Waals surface area contributed by atoms with Gasteiger partial charge in [0.2, 0.25) is 11.8 Å². The Morgan fingerprint density at radius 2 is 1.27 bits per heavy atom. The molecule has 0 unspecified atom stereocenters. The zero-order valence-corrected chi connectivity index (χ0v) is 28.2. The van der Waals surface area contributed by atoms with Gasteiger partial charge < -0.3 is 9.80 Å². The molecule has 1 saturated heterocycles. The molecular formula is C41H44F3N3O2. The van der Waals surface area contributed by atoms with E-state index >= 15 is 0 Å². The van der Waals surface area contributed by atoms with E-state index in [9.17, 15) is 22.8 Å². The van der Waals surface area contributed by atoms with E-state index in [1.165, 1.54) is 35.4 Å². The zero-order valence-electron chi connectivity index (χ0n) is 28.2. The number of hydrogen-bond acceptors (Lipinski definition) is 3. The summed E-state index contributed by atoms with van der Waals surface area (Å²) >= 11 is 0. The Morgan fingerprint density at radius 1 is 0.714 bits per heavy atom. The fourth-order valence-electron chi connectivity index (χ4n) is 6.18. The lowest BCUT2D eigenvalue weighted by Gasteiger charge is -2.39. The van der Waals surface area contributed by atoms with Crippen LogP contribution < -0.4 is 0 Å². The van der Waals surface area contributed by atoms with Gasteiger partial charge in [-0.05, 0) is 58.4 Å². The normalized spacial score (nSPS) is 14.7. The Hall–Kier alpha value is -4.69. The molecule has 1 heterocycles. The van der Waals surface area contributed by atoms with E-state index < -0.39 is 17.8 Å². The number of nitrogens with zero attached hydrogens (tertiary/aromatic N) is 3. The summed E-state index contributed by atoms with van der Waals surface area (Å²) in [5, 5.41) is 0. The number of hydrogen-bond donors (Lipinski definition) is 0. The summed E-state index contributed by atoms with van der Waals surface area (Å²) in [6.07, 6.45) is -0.316. The maximum absolute atomic E-state index is 14.5. The van der Waals surface area contributed by atoms with Crippen molar-refractivity contribution < 1.29 is 22.8 Å². The van der Waals surface area contributed by atoms with E-state index in [0.29, 0.717) is 31.0 Å². The minimum Gasteiger partial charge on any atom is -0.338 e. The van der Waals surface area contributed by atoms with Crippen molar-refractivity contribution in [2.24, 2.45) is 5.92 Å². The summed E-state index contributed by atoms with van der Waals surface area (Å²) in [6.45, 7) is 7.87. The van der Waals surface area contributed by atoms with Crippen LogP contribution in [0.4, 0.5) is 13.2 Å². The molecular weight excluding hydrogens is 623 g/mol. The fourth-order valence-corrected chi connectivity index (χ4v) is 6.18. The van der Waals surface area contributed by atoms with E-state index in [1.807, 2.05) is 65.6 Å². The van der Waals surface area contributed by atoms with Gasteiger partial charge in [0.1, 0.15) is 6.04 Å². The highest BCUT2D eigenvalue weighted by Crippen LogP contribution is 2.29. The molecule has 0 aromatic heterocycles. The third-order valence-electron chi connectivity index (χ3n) is 8.83. The van der Waals surface area contributed by atoms with Crippen LogP contribution in [0, 0.1) is 5.92 Å². The molecule has 4 aromatic carbocycles. The van der Waals surface area contributed by atoms with Gasteiger partial charge in [-0.25, -0.2) is 0 Å². The van der Waals surface area contributed by atoms with Crippen LogP contribution in [0.25, 0.3) is 6.08 Å². The van der Waals surface area contributed by atoms with Crippen molar-refractivity contribution in [3.8, 4) is 0 Å². The first-order valence-electron chi connectivity index (χ1n) is 16.9. The minimum absolute atomic E-state index is 0.115. The topological polar surface area (TPSA) is 43.9 Å². The Kier molecular flexibility index (Phi) is 12.1. The first-order chi connectivity index (χ1) is 23.5. The number of benzene rings is 4. The van der Waals surface area contributed by atoms with E-state index in [2.05, 4.69) is 43.0 Å². The molecule has 8 heteroatoms. The number of piperazine rings is 1. The highest BCUT2D eigenvalue weighted by Gasteiger charge is 2.34. The molecule has 2 amide bonds.